The Balaban J connectivity index is 1.58. The Morgan fingerprint density at radius 3 is 2.52 bits per heavy atom. The summed E-state index contributed by atoms with van der Waals surface area (Å²) >= 11 is 0. The number of rotatable bonds is 4. The van der Waals surface area contributed by atoms with E-state index in [1.807, 2.05) is 6.92 Å². The van der Waals surface area contributed by atoms with Gasteiger partial charge in [-0.3, -0.25) is 9.69 Å². The Morgan fingerprint density at radius 2 is 1.83 bits per heavy atom. The molecule has 1 aromatic carbocycles. The lowest BCUT2D eigenvalue weighted by molar-refractivity contribution is 0.131. The van der Waals surface area contributed by atoms with Gasteiger partial charge >= 0.3 is 0 Å². The normalized spacial score (nSPS) is 18.0. The summed E-state index contributed by atoms with van der Waals surface area (Å²) in [6.07, 6.45) is 2.25. The second kappa shape index (κ2) is 7.09. The van der Waals surface area contributed by atoms with Crippen molar-refractivity contribution in [3.63, 3.8) is 0 Å². The van der Waals surface area contributed by atoms with Crippen molar-refractivity contribution >= 4 is 0 Å². The van der Waals surface area contributed by atoms with Crippen LogP contribution in [-0.4, -0.2) is 27.8 Å². The molecule has 0 aliphatic carbocycles. The van der Waals surface area contributed by atoms with E-state index in [1.54, 1.807) is 16.8 Å². The van der Waals surface area contributed by atoms with Crippen molar-refractivity contribution in [2.45, 2.75) is 39.3 Å². The highest BCUT2D eigenvalue weighted by atomic mass is 16.1. The van der Waals surface area contributed by atoms with Gasteiger partial charge in [0, 0.05) is 18.7 Å². The lowest BCUT2D eigenvalue weighted by Crippen LogP contribution is -2.38. The second-order valence-corrected chi connectivity index (χ2v) is 6.56. The minimum Gasteiger partial charge on any atom is -0.297 e. The summed E-state index contributed by atoms with van der Waals surface area (Å²) in [6.45, 7) is 7.12. The number of hydrogen-bond donors (Lipinski definition) is 0. The fraction of sp³-hybridized carbons (Fsp3) is 0.474. The van der Waals surface area contributed by atoms with E-state index in [0.717, 1.165) is 38.2 Å². The Kier molecular flexibility index (Phi) is 4.91. The summed E-state index contributed by atoms with van der Waals surface area (Å²) in [5.41, 5.74) is 2.29. The van der Waals surface area contributed by atoms with Crippen LogP contribution in [0.4, 0.5) is 0 Å². The van der Waals surface area contributed by atoms with E-state index in [1.165, 1.54) is 5.56 Å². The predicted octanol–water partition coefficient (Wildman–Crippen LogP) is 3.02. The molecule has 2 heterocycles. The Bertz CT molecular complexity index is 687. The number of nitrogens with zero attached hydrogens (tertiary/aromatic N) is 3. The van der Waals surface area contributed by atoms with Gasteiger partial charge in [0.2, 0.25) is 0 Å². The first kappa shape index (κ1) is 15.9. The first-order chi connectivity index (χ1) is 11.1. The van der Waals surface area contributed by atoms with Gasteiger partial charge in [-0.2, -0.15) is 5.10 Å². The molecule has 0 bridgehead atoms. The summed E-state index contributed by atoms with van der Waals surface area (Å²) in [5, 5.41) is 4.36. The van der Waals surface area contributed by atoms with Gasteiger partial charge in [-0.25, -0.2) is 4.68 Å². The highest BCUT2D eigenvalue weighted by Crippen LogP contribution is 2.26. The third kappa shape index (κ3) is 3.88. The Hall–Kier alpha value is -1.94. The predicted molar refractivity (Wildman–Crippen MR) is 92.4 cm³/mol. The molecule has 0 radical (unpaired) electrons. The van der Waals surface area contributed by atoms with Crippen LogP contribution in [0.2, 0.25) is 0 Å². The maximum atomic E-state index is 11.9. The van der Waals surface area contributed by atoms with Crippen LogP contribution in [0.1, 0.15) is 37.1 Å². The lowest BCUT2D eigenvalue weighted by atomic mass is 9.94. The maximum Gasteiger partial charge on any atom is 0.266 e. The van der Waals surface area contributed by atoms with Crippen LogP contribution in [0.5, 0.6) is 0 Å². The molecular weight excluding hydrogens is 286 g/mol. The smallest absolute Gasteiger partial charge is 0.266 e. The van der Waals surface area contributed by atoms with Crippen molar-refractivity contribution in [1.82, 2.24) is 14.7 Å². The van der Waals surface area contributed by atoms with E-state index in [9.17, 15) is 4.79 Å². The first-order valence-electron chi connectivity index (χ1n) is 8.47. The van der Waals surface area contributed by atoms with E-state index in [0.29, 0.717) is 12.0 Å². The summed E-state index contributed by atoms with van der Waals surface area (Å²) in [5.74, 6) is 0.543. The molecule has 1 atom stereocenters. The van der Waals surface area contributed by atoms with Crippen molar-refractivity contribution in [3.05, 3.63) is 64.1 Å². The molecule has 1 aliphatic rings. The van der Waals surface area contributed by atoms with E-state index in [-0.39, 0.29) is 5.56 Å². The van der Waals surface area contributed by atoms with E-state index in [2.05, 4.69) is 47.3 Å². The molecule has 2 aromatic rings. The zero-order chi connectivity index (χ0) is 16.2. The molecule has 122 valence electrons. The molecule has 4 nitrogen and oxygen atoms in total. The largest absolute Gasteiger partial charge is 0.297 e. The lowest BCUT2D eigenvalue weighted by Gasteiger charge is -2.36. The number of hydrogen-bond acceptors (Lipinski definition) is 3. The first-order valence-corrected chi connectivity index (χ1v) is 8.47. The highest BCUT2D eigenvalue weighted by Gasteiger charge is 2.24. The quantitative estimate of drug-likeness (QED) is 0.871. The van der Waals surface area contributed by atoms with Crippen LogP contribution in [0.15, 0.2) is 47.3 Å². The van der Waals surface area contributed by atoms with Crippen LogP contribution >= 0.6 is 0 Å². The monoisotopic (exact) mass is 311 g/mol. The average Bonchev–Trinajstić information content (AvgIpc) is 2.59. The van der Waals surface area contributed by atoms with Gasteiger partial charge < -0.3 is 0 Å². The molecule has 3 rings (SSSR count). The minimum atomic E-state index is 0.00989. The van der Waals surface area contributed by atoms with Crippen molar-refractivity contribution in [1.29, 1.82) is 0 Å². The number of aromatic nitrogens is 2. The Labute approximate surface area is 137 Å². The molecule has 1 fully saturated rings. The summed E-state index contributed by atoms with van der Waals surface area (Å²) in [7, 11) is 0. The van der Waals surface area contributed by atoms with Gasteiger partial charge in [0.1, 0.15) is 0 Å². The minimum absolute atomic E-state index is 0.00989. The fourth-order valence-electron chi connectivity index (χ4n) is 3.39. The van der Waals surface area contributed by atoms with Crippen molar-refractivity contribution in [3.8, 4) is 0 Å². The van der Waals surface area contributed by atoms with Crippen molar-refractivity contribution in [2.24, 2.45) is 5.92 Å². The van der Waals surface area contributed by atoms with Crippen LogP contribution in [0.3, 0.4) is 0 Å². The molecular formula is C19H25N3O. The van der Waals surface area contributed by atoms with E-state index < -0.39 is 0 Å². The van der Waals surface area contributed by atoms with E-state index in [4.69, 9.17) is 0 Å². The summed E-state index contributed by atoms with van der Waals surface area (Å²) in [6, 6.07) is 14.5. The fourth-order valence-corrected chi connectivity index (χ4v) is 3.39. The number of likely N-dealkylation sites (tertiary alicyclic amines) is 1. The molecule has 0 amide bonds. The molecule has 0 saturated carbocycles. The average molecular weight is 311 g/mol. The molecule has 1 saturated heterocycles. The zero-order valence-corrected chi connectivity index (χ0v) is 14.0. The number of aryl methyl sites for hydroxylation is 1. The van der Waals surface area contributed by atoms with Crippen LogP contribution < -0.4 is 5.56 Å². The molecule has 4 heteroatoms. The van der Waals surface area contributed by atoms with Crippen LogP contribution in [0.25, 0.3) is 0 Å². The van der Waals surface area contributed by atoms with E-state index >= 15 is 0 Å². The Morgan fingerprint density at radius 1 is 1.13 bits per heavy atom. The van der Waals surface area contributed by atoms with Gasteiger partial charge in [-0.15, -0.1) is 0 Å². The molecule has 1 unspecified atom stereocenters. The van der Waals surface area contributed by atoms with Gasteiger partial charge in [0.05, 0.1) is 5.69 Å². The van der Waals surface area contributed by atoms with Gasteiger partial charge in [0.25, 0.3) is 5.56 Å². The van der Waals surface area contributed by atoms with Crippen molar-refractivity contribution < 1.29 is 0 Å². The van der Waals surface area contributed by atoms with Crippen LogP contribution in [-0.2, 0) is 6.54 Å². The van der Waals surface area contributed by atoms with Crippen LogP contribution in [0, 0.1) is 12.8 Å². The van der Waals surface area contributed by atoms with Crippen molar-refractivity contribution in [2.75, 3.05) is 13.1 Å². The van der Waals surface area contributed by atoms with Gasteiger partial charge in [-0.1, -0.05) is 30.3 Å². The standard InChI is InChI=1S/C19H25N3O/c1-15-8-9-19(23)22(20-15)14-17-10-12-21(13-11-17)16(2)18-6-4-3-5-7-18/h3-9,16-17H,10-14H2,1-2H3. The zero-order valence-electron chi connectivity index (χ0n) is 14.0. The maximum absolute atomic E-state index is 11.9. The number of piperidine rings is 1. The third-order valence-electron chi connectivity index (χ3n) is 4.91. The molecule has 1 aromatic heterocycles. The summed E-state index contributed by atoms with van der Waals surface area (Å²) in [4.78, 5) is 14.4. The third-order valence-corrected chi connectivity index (χ3v) is 4.91. The molecule has 0 N–H and O–H groups in total. The SMILES string of the molecule is Cc1ccc(=O)n(CC2CCN(C(C)c3ccccc3)CC2)n1. The molecule has 1 aliphatic heterocycles. The summed E-state index contributed by atoms with van der Waals surface area (Å²) < 4.78 is 1.64. The molecule has 0 spiro atoms. The highest BCUT2D eigenvalue weighted by molar-refractivity contribution is 5.18. The molecule has 23 heavy (non-hydrogen) atoms. The second-order valence-electron chi connectivity index (χ2n) is 6.56. The topological polar surface area (TPSA) is 38.1 Å². The van der Waals surface area contributed by atoms with Gasteiger partial charge in [-0.05, 0) is 57.3 Å². The number of benzene rings is 1. The van der Waals surface area contributed by atoms with Gasteiger partial charge in [0.15, 0.2) is 0 Å².